The lowest BCUT2D eigenvalue weighted by atomic mass is 9.92. The second-order valence-corrected chi connectivity index (χ2v) is 6.25. The lowest BCUT2D eigenvalue weighted by Crippen LogP contribution is -2.30. The number of oxazole rings is 1. The van der Waals surface area contributed by atoms with Crippen molar-refractivity contribution in [2.75, 3.05) is 12.4 Å². The van der Waals surface area contributed by atoms with Gasteiger partial charge in [0, 0.05) is 24.8 Å². The summed E-state index contributed by atoms with van der Waals surface area (Å²) in [5, 5.41) is 3.61. The Morgan fingerprint density at radius 3 is 2.95 bits per heavy atom. The fraction of sp³-hybridized carbons (Fsp3) is 0.588. The minimum Gasteiger partial charge on any atom is -0.440 e. The Balaban J connectivity index is 1.74. The third kappa shape index (κ3) is 3.21. The first kappa shape index (κ1) is 14.4. The molecular formula is C17H24N2O2. The maximum atomic E-state index is 5.75. The Bertz CT molecular complexity index is 606. The predicted octanol–water partition coefficient (Wildman–Crippen LogP) is 4.32. The molecule has 2 unspecified atom stereocenters. The van der Waals surface area contributed by atoms with E-state index in [1.54, 1.807) is 0 Å². The molecule has 3 rings (SSSR count). The second kappa shape index (κ2) is 6.06. The van der Waals surface area contributed by atoms with Crippen molar-refractivity contribution in [1.82, 2.24) is 4.98 Å². The molecule has 1 fully saturated rings. The van der Waals surface area contributed by atoms with Crippen LogP contribution < -0.4 is 5.32 Å². The monoisotopic (exact) mass is 288 g/mol. The van der Waals surface area contributed by atoms with E-state index in [0.717, 1.165) is 29.1 Å². The topological polar surface area (TPSA) is 47.3 Å². The second-order valence-electron chi connectivity index (χ2n) is 6.25. The lowest BCUT2D eigenvalue weighted by molar-refractivity contribution is 0.0669. The van der Waals surface area contributed by atoms with Crippen LogP contribution >= 0.6 is 0 Å². The van der Waals surface area contributed by atoms with Crippen LogP contribution in [0.4, 0.5) is 5.69 Å². The number of rotatable bonds is 4. The van der Waals surface area contributed by atoms with Gasteiger partial charge in [-0.2, -0.15) is 0 Å². The van der Waals surface area contributed by atoms with E-state index < -0.39 is 0 Å². The van der Waals surface area contributed by atoms with Gasteiger partial charge >= 0.3 is 0 Å². The van der Waals surface area contributed by atoms with Crippen molar-refractivity contribution in [3.05, 3.63) is 24.1 Å². The van der Waals surface area contributed by atoms with Crippen molar-refractivity contribution in [2.45, 2.75) is 57.6 Å². The molecule has 1 saturated carbocycles. The molecule has 1 N–H and O–H groups in total. The van der Waals surface area contributed by atoms with Gasteiger partial charge in [-0.1, -0.05) is 13.8 Å². The highest BCUT2D eigenvalue weighted by molar-refractivity contribution is 5.77. The largest absolute Gasteiger partial charge is 0.440 e. The zero-order valence-electron chi connectivity index (χ0n) is 13.1. The van der Waals surface area contributed by atoms with Gasteiger partial charge in [-0.05, 0) is 43.9 Å². The Kier molecular flexibility index (Phi) is 4.15. The van der Waals surface area contributed by atoms with Gasteiger partial charge in [-0.3, -0.25) is 0 Å². The molecule has 0 amide bonds. The first-order chi connectivity index (χ1) is 10.2. The summed E-state index contributed by atoms with van der Waals surface area (Å²) >= 11 is 0. The van der Waals surface area contributed by atoms with Crippen LogP contribution in [0.15, 0.2) is 22.6 Å². The number of anilines is 1. The van der Waals surface area contributed by atoms with E-state index in [1.807, 2.05) is 13.2 Å². The fourth-order valence-corrected chi connectivity index (χ4v) is 3.01. The molecule has 0 saturated heterocycles. The number of ether oxygens (including phenoxy) is 1. The Morgan fingerprint density at radius 2 is 2.19 bits per heavy atom. The van der Waals surface area contributed by atoms with E-state index in [-0.39, 0.29) is 0 Å². The minimum absolute atomic E-state index is 0.314. The van der Waals surface area contributed by atoms with Gasteiger partial charge in [0.15, 0.2) is 11.5 Å². The van der Waals surface area contributed by atoms with Crippen molar-refractivity contribution in [2.24, 2.45) is 0 Å². The normalized spacial score (nSPS) is 22.9. The van der Waals surface area contributed by atoms with Crippen LogP contribution in [0.1, 0.15) is 51.3 Å². The average Bonchev–Trinajstić information content (AvgIpc) is 2.91. The molecule has 114 valence electrons. The van der Waals surface area contributed by atoms with E-state index in [4.69, 9.17) is 9.15 Å². The number of nitrogens with one attached hydrogen (secondary N) is 1. The van der Waals surface area contributed by atoms with Crippen molar-refractivity contribution in [3.8, 4) is 0 Å². The summed E-state index contributed by atoms with van der Waals surface area (Å²) in [7, 11) is 1.81. The molecule has 4 nitrogen and oxygen atoms in total. The maximum Gasteiger partial charge on any atom is 0.198 e. The SMILES string of the molecule is COC1CCCC(Nc2ccc3oc(C(C)C)nc3c2)C1. The molecular weight excluding hydrogens is 264 g/mol. The number of fused-ring (bicyclic) bond motifs is 1. The van der Waals surface area contributed by atoms with Crippen LogP contribution in [0, 0.1) is 0 Å². The van der Waals surface area contributed by atoms with E-state index in [2.05, 4.69) is 36.3 Å². The van der Waals surface area contributed by atoms with E-state index in [9.17, 15) is 0 Å². The Morgan fingerprint density at radius 1 is 1.33 bits per heavy atom. The smallest absolute Gasteiger partial charge is 0.198 e. The van der Waals surface area contributed by atoms with Crippen LogP contribution in [0.25, 0.3) is 11.1 Å². The standard InChI is InChI=1S/C17H24N2O2/c1-11(2)17-19-15-10-13(7-8-16(15)21-17)18-12-5-4-6-14(9-12)20-3/h7-8,10-12,14,18H,4-6,9H2,1-3H3. The van der Waals surface area contributed by atoms with Crippen molar-refractivity contribution in [1.29, 1.82) is 0 Å². The zero-order chi connectivity index (χ0) is 14.8. The third-order valence-corrected chi connectivity index (χ3v) is 4.23. The number of hydrogen-bond donors (Lipinski definition) is 1. The summed E-state index contributed by atoms with van der Waals surface area (Å²) in [5.74, 6) is 1.12. The minimum atomic E-state index is 0.314. The molecule has 1 aliphatic rings. The average molecular weight is 288 g/mol. The quantitative estimate of drug-likeness (QED) is 0.910. The Labute approximate surface area is 125 Å². The van der Waals surface area contributed by atoms with Crippen LogP contribution in [0.2, 0.25) is 0 Å². The zero-order valence-corrected chi connectivity index (χ0v) is 13.1. The molecule has 1 aromatic carbocycles. The van der Waals surface area contributed by atoms with Crippen molar-refractivity contribution < 1.29 is 9.15 Å². The summed E-state index contributed by atoms with van der Waals surface area (Å²) in [6.07, 6.45) is 5.06. The van der Waals surface area contributed by atoms with E-state index >= 15 is 0 Å². The molecule has 0 spiro atoms. The van der Waals surface area contributed by atoms with E-state index in [0.29, 0.717) is 18.1 Å². The molecule has 2 atom stereocenters. The lowest BCUT2D eigenvalue weighted by Gasteiger charge is -2.29. The molecule has 1 aromatic heterocycles. The highest BCUT2D eigenvalue weighted by Crippen LogP contribution is 2.27. The number of aromatic nitrogens is 1. The van der Waals surface area contributed by atoms with Gasteiger partial charge in [0.1, 0.15) is 5.52 Å². The van der Waals surface area contributed by atoms with Crippen LogP contribution in [0.3, 0.4) is 0 Å². The number of benzene rings is 1. The molecule has 4 heteroatoms. The van der Waals surface area contributed by atoms with Gasteiger partial charge in [0.05, 0.1) is 6.10 Å². The number of nitrogens with zero attached hydrogens (tertiary/aromatic N) is 1. The van der Waals surface area contributed by atoms with Crippen LogP contribution in [-0.2, 0) is 4.74 Å². The predicted molar refractivity (Wildman–Crippen MR) is 84.8 cm³/mol. The van der Waals surface area contributed by atoms with Crippen LogP contribution in [-0.4, -0.2) is 24.2 Å². The van der Waals surface area contributed by atoms with E-state index in [1.165, 1.54) is 19.3 Å². The van der Waals surface area contributed by atoms with Crippen molar-refractivity contribution in [3.63, 3.8) is 0 Å². The molecule has 0 bridgehead atoms. The van der Waals surface area contributed by atoms with Crippen molar-refractivity contribution >= 4 is 16.8 Å². The number of hydrogen-bond acceptors (Lipinski definition) is 4. The van der Waals surface area contributed by atoms with Gasteiger partial charge in [0.2, 0.25) is 0 Å². The first-order valence-electron chi connectivity index (χ1n) is 7.85. The van der Waals surface area contributed by atoms with Gasteiger partial charge in [0.25, 0.3) is 0 Å². The van der Waals surface area contributed by atoms with Gasteiger partial charge in [-0.15, -0.1) is 0 Å². The molecule has 0 aliphatic heterocycles. The Hall–Kier alpha value is -1.55. The summed E-state index contributed by atoms with van der Waals surface area (Å²) < 4.78 is 11.2. The van der Waals surface area contributed by atoms with Crippen LogP contribution in [0.5, 0.6) is 0 Å². The fourth-order valence-electron chi connectivity index (χ4n) is 3.01. The highest BCUT2D eigenvalue weighted by atomic mass is 16.5. The number of methoxy groups -OCH3 is 1. The summed E-state index contributed by atoms with van der Waals surface area (Å²) in [4.78, 5) is 4.57. The van der Waals surface area contributed by atoms with Gasteiger partial charge in [-0.25, -0.2) is 4.98 Å². The molecule has 1 aliphatic carbocycles. The highest BCUT2D eigenvalue weighted by Gasteiger charge is 2.21. The summed E-state index contributed by atoms with van der Waals surface area (Å²) in [6, 6.07) is 6.65. The summed E-state index contributed by atoms with van der Waals surface area (Å²) in [6.45, 7) is 4.19. The molecule has 2 aromatic rings. The molecule has 1 heterocycles. The van der Waals surface area contributed by atoms with Gasteiger partial charge < -0.3 is 14.5 Å². The maximum absolute atomic E-state index is 5.75. The first-order valence-corrected chi connectivity index (χ1v) is 7.85. The summed E-state index contributed by atoms with van der Waals surface area (Å²) in [5.41, 5.74) is 2.92. The third-order valence-electron chi connectivity index (χ3n) is 4.23. The molecule has 21 heavy (non-hydrogen) atoms. The molecule has 0 radical (unpaired) electrons.